The third kappa shape index (κ3) is 1.55. The zero-order valence-corrected chi connectivity index (χ0v) is 10.0. The molecule has 0 aliphatic carbocycles. The fourth-order valence-electron chi connectivity index (χ4n) is 2.03. The smallest absolute Gasteiger partial charge is 0.248 e. The molecule has 1 aromatic heterocycles. The first-order valence-corrected chi connectivity index (χ1v) is 6.61. The average molecular weight is 256 g/mol. The fraction of sp³-hybridized carbons (Fsp3) is 0.400. The van der Waals surface area contributed by atoms with Crippen molar-refractivity contribution >= 4 is 40.8 Å². The lowest BCUT2D eigenvalue weighted by Crippen LogP contribution is -2.53. The standard InChI is InChI=1S/C10H10ClN3OS/c11-8-2-1-6-9(13-8)14-3-4-16-5-7(14)10(15)12-6/h1-2,7H,3-5H2,(H,12,15). The number of aromatic nitrogens is 1. The molecule has 2 aliphatic heterocycles. The lowest BCUT2D eigenvalue weighted by molar-refractivity contribution is -0.117. The second-order valence-corrected chi connectivity index (χ2v) is 5.32. The Morgan fingerprint density at radius 1 is 1.56 bits per heavy atom. The van der Waals surface area contributed by atoms with Gasteiger partial charge < -0.3 is 10.2 Å². The van der Waals surface area contributed by atoms with Crippen molar-refractivity contribution in [3.63, 3.8) is 0 Å². The third-order valence-corrected chi connectivity index (χ3v) is 4.04. The molecule has 16 heavy (non-hydrogen) atoms. The fourth-order valence-corrected chi connectivity index (χ4v) is 3.22. The predicted octanol–water partition coefficient (Wildman–Crippen LogP) is 1.61. The Hall–Kier alpha value is -0.940. The number of carbonyl (C=O) groups excluding carboxylic acids is 1. The summed E-state index contributed by atoms with van der Waals surface area (Å²) < 4.78 is 0. The highest BCUT2D eigenvalue weighted by Gasteiger charge is 2.35. The van der Waals surface area contributed by atoms with Gasteiger partial charge in [-0.25, -0.2) is 4.98 Å². The molecule has 84 valence electrons. The summed E-state index contributed by atoms with van der Waals surface area (Å²) in [5.41, 5.74) is 0.762. The molecule has 1 N–H and O–H groups in total. The highest BCUT2D eigenvalue weighted by molar-refractivity contribution is 7.99. The molecule has 0 saturated carbocycles. The zero-order chi connectivity index (χ0) is 11.1. The van der Waals surface area contributed by atoms with Gasteiger partial charge in [-0.2, -0.15) is 11.8 Å². The molecule has 1 aromatic rings. The maximum absolute atomic E-state index is 11.8. The zero-order valence-electron chi connectivity index (χ0n) is 8.44. The lowest BCUT2D eigenvalue weighted by atomic mass is 10.1. The van der Waals surface area contributed by atoms with Crippen LogP contribution >= 0.6 is 23.4 Å². The van der Waals surface area contributed by atoms with Gasteiger partial charge in [0.15, 0.2) is 5.82 Å². The van der Waals surface area contributed by atoms with E-state index in [4.69, 9.17) is 11.6 Å². The Balaban J connectivity index is 2.07. The van der Waals surface area contributed by atoms with Crippen LogP contribution < -0.4 is 10.2 Å². The molecule has 0 bridgehead atoms. The first kappa shape index (κ1) is 10.2. The van der Waals surface area contributed by atoms with Crippen molar-refractivity contribution in [2.45, 2.75) is 6.04 Å². The molecule has 3 heterocycles. The van der Waals surface area contributed by atoms with Crippen LogP contribution in [0.1, 0.15) is 0 Å². The number of amides is 1. The van der Waals surface area contributed by atoms with E-state index in [2.05, 4.69) is 15.2 Å². The Kier molecular flexibility index (Phi) is 2.44. The molecule has 6 heteroatoms. The van der Waals surface area contributed by atoms with Gasteiger partial charge in [-0.1, -0.05) is 11.6 Å². The molecule has 4 nitrogen and oxygen atoms in total. The quantitative estimate of drug-likeness (QED) is 0.716. The molecule has 0 aromatic carbocycles. The van der Waals surface area contributed by atoms with Crippen LogP contribution in [-0.4, -0.2) is 35.0 Å². The van der Waals surface area contributed by atoms with Crippen molar-refractivity contribution in [3.05, 3.63) is 17.3 Å². The molecule has 0 radical (unpaired) electrons. The van der Waals surface area contributed by atoms with E-state index in [9.17, 15) is 4.79 Å². The van der Waals surface area contributed by atoms with E-state index in [0.717, 1.165) is 29.6 Å². The van der Waals surface area contributed by atoms with Crippen molar-refractivity contribution in [1.29, 1.82) is 0 Å². The molecule has 1 saturated heterocycles. The first-order chi connectivity index (χ1) is 7.75. The summed E-state index contributed by atoms with van der Waals surface area (Å²) in [4.78, 5) is 18.2. The normalized spacial score (nSPS) is 23.4. The van der Waals surface area contributed by atoms with Crippen LogP contribution in [0.5, 0.6) is 0 Å². The van der Waals surface area contributed by atoms with Crippen LogP contribution in [0, 0.1) is 0 Å². The molecule has 3 rings (SSSR count). The van der Waals surface area contributed by atoms with Crippen molar-refractivity contribution in [2.24, 2.45) is 0 Å². The van der Waals surface area contributed by atoms with E-state index in [0.29, 0.717) is 5.15 Å². The molecular formula is C10H10ClN3OS. The summed E-state index contributed by atoms with van der Waals surface area (Å²) in [7, 11) is 0. The predicted molar refractivity (Wildman–Crippen MR) is 66.3 cm³/mol. The van der Waals surface area contributed by atoms with Crippen molar-refractivity contribution in [3.8, 4) is 0 Å². The highest BCUT2D eigenvalue weighted by Crippen LogP contribution is 2.34. The second-order valence-electron chi connectivity index (χ2n) is 3.78. The number of rotatable bonds is 0. The number of nitrogens with one attached hydrogen (secondary N) is 1. The highest BCUT2D eigenvalue weighted by atomic mass is 35.5. The van der Waals surface area contributed by atoms with E-state index in [1.54, 1.807) is 23.9 Å². The number of thioether (sulfide) groups is 1. The molecule has 0 spiro atoms. The van der Waals surface area contributed by atoms with Gasteiger partial charge in [0.1, 0.15) is 11.2 Å². The van der Waals surface area contributed by atoms with Crippen molar-refractivity contribution in [1.82, 2.24) is 4.98 Å². The van der Waals surface area contributed by atoms with Gasteiger partial charge in [0.2, 0.25) is 5.91 Å². The molecule has 1 amide bonds. The van der Waals surface area contributed by atoms with Crippen LogP contribution in [0.15, 0.2) is 12.1 Å². The minimum absolute atomic E-state index is 0.0591. The number of anilines is 2. The van der Waals surface area contributed by atoms with E-state index in [1.807, 2.05) is 0 Å². The molecule has 2 aliphatic rings. The van der Waals surface area contributed by atoms with Gasteiger partial charge in [0, 0.05) is 18.1 Å². The van der Waals surface area contributed by atoms with Gasteiger partial charge in [-0.3, -0.25) is 4.79 Å². The van der Waals surface area contributed by atoms with Gasteiger partial charge in [-0.05, 0) is 12.1 Å². The Bertz CT molecular complexity index is 454. The van der Waals surface area contributed by atoms with Crippen molar-refractivity contribution in [2.75, 3.05) is 28.3 Å². The summed E-state index contributed by atoms with van der Waals surface area (Å²) in [6.07, 6.45) is 0. The number of carbonyl (C=O) groups is 1. The average Bonchev–Trinajstić information content (AvgIpc) is 2.31. The van der Waals surface area contributed by atoms with E-state index in [1.165, 1.54) is 0 Å². The minimum atomic E-state index is -0.0998. The second kappa shape index (κ2) is 3.82. The maximum Gasteiger partial charge on any atom is 0.248 e. The summed E-state index contributed by atoms with van der Waals surface area (Å²) in [6, 6.07) is 3.40. The Morgan fingerprint density at radius 2 is 2.44 bits per heavy atom. The van der Waals surface area contributed by atoms with Crippen molar-refractivity contribution < 1.29 is 4.79 Å². The molecule has 1 fully saturated rings. The first-order valence-electron chi connectivity index (χ1n) is 5.07. The number of hydrogen-bond donors (Lipinski definition) is 1. The third-order valence-electron chi connectivity index (χ3n) is 2.80. The van der Waals surface area contributed by atoms with Gasteiger partial charge in [-0.15, -0.1) is 0 Å². The molecular weight excluding hydrogens is 246 g/mol. The topological polar surface area (TPSA) is 45.2 Å². The number of nitrogens with zero attached hydrogens (tertiary/aromatic N) is 2. The molecule has 1 atom stereocenters. The Morgan fingerprint density at radius 3 is 3.31 bits per heavy atom. The van der Waals surface area contributed by atoms with Crippen LogP contribution in [0.2, 0.25) is 5.15 Å². The monoisotopic (exact) mass is 255 g/mol. The van der Waals surface area contributed by atoms with Gasteiger partial charge in [0.05, 0.1) is 5.69 Å². The summed E-state index contributed by atoms with van der Waals surface area (Å²) in [5, 5.41) is 3.34. The number of fused-ring (bicyclic) bond motifs is 3. The van der Waals surface area contributed by atoms with Crippen LogP contribution in [-0.2, 0) is 4.79 Å². The van der Waals surface area contributed by atoms with E-state index >= 15 is 0 Å². The minimum Gasteiger partial charge on any atom is -0.341 e. The summed E-state index contributed by atoms with van der Waals surface area (Å²) in [6.45, 7) is 0.850. The van der Waals surface area contributed by atoms with Crippen LogP contribution in [0.3, 0.4) is 0 Å². The lowest BCUT2D eigenvalue weighted by Gasteiger charge is -2.39. The van der Waals surface area contributed by atoms with E-state index in [-0.39, 0.29) is 11.9 Å². The van der Waals surface area contributed by atoms with Gasteiger partial charge >= 0.3 is 0 Å². The number of hydrogen-bond acceptors (Lipinski definition) is 4. The maximum atomic E-state index is 11.8. The van der Waals surface area contributed by atoms with Gasteiger partial charge in [0.25, 0.3) is 0 Å². The summed E-state index contributed by atoms with van der Waals surface area (Å²) in [5.74, 6) is 2.71. The van der Waals surface area contributed by atoms with E-state index < -0.39 is 0 Å². The number of halogens is 1. The number of pyridine rings is 1. The van der Waals surface area contributed by atoms with Crippen LogP contribution in [0.25, 0.3) is 0 Å². The summed E-state index contributed by atoms with van der Waals surface area (Å²) >= 11 is 7.69. The Labute approximate surface area is 102 Å². The SMILES string of the molecule is O=C1Nc2ccc(Cl)nc2N2CCSCC12. The largest absolute Gasteiger partial charge is 0.341 e. The molecule has 1 unspecified atom stereocenters. The van der Waals surface area contributed by atoms with Crippen LogP contribution in [0.4, 0.5) is 11.5 Å².